The SMILES string of the molecule is Fc1ccc(CSc2ccc(Cl)c(F)c2)cc1F. The molecule has 0 fully saturated rings. The summed E-state index contributed by atoms with van der Waals surface area (Å²) >= 11 is 6.88. The lowest BCUT2D eigenvalue weighted by atomic mass is 10.2. The van der Waals surface area contributed by atoms with Crippen molar-refractivity contribution in [2.24, 2.45) is 0 Å². The third kappa shape index (κ3) is 3.21. The third-order valence-electron chi connectivity index (χ3n) is 2.28. The van der Waals surface area contributed by atoms with Crippen molar-refractivity contribution in [3.8, 4) is 0 Å². The Morgan fingerprint density at radius 2 is 1.67 bits per heavy atom. The second kappa shape index (κ2) is 5.67. The molecule has 94 valence electrons. The minimum Gasteiger partial charge on any atom is -0.205 e. The molecular formula is C13H8ClF3S. The van der Waals surface area contributed by atoms with Gasteiger partial charge in [0, 0.05) is 10.6 Å². The van der Waals surface area contributed by atoms with E-state index in [9.17, 15) is 13.2 Å². The molecule has 0 aromatic heterocycles. The van der Waals surface area contributed by atoms with Crippen LogP contribution in [-0.4, -0.2) is 0 Å². The summed E-state index contributed by atoms with van der Waals surface area (Å²) in [6, 6.07) is 8.16. The first-order valence-electron chi connectivity index (χ1n) is 5.08. The van der Waals surface area contributed by atoms with Gasteiger partial charge in [0.25, 0.3) is 0 Å². The molecule has 0 unspecified atom stereocenters. The first kappa shape index (κ1) is 13.3. The van der Waals surface area contributed by atoms with E-state index in [0.29, 0.717) is 16.2 Å². The number of rotatable bonds is 3. The average Bonchev–Trinajstić information content (AvgIpc) is 2.35. The smallest absolute Gasteiger partial charge is 0.159 e. The molecule has 0 radical (unpaired) electrons. The van der Waals surface area contributed by atoms with Gasteiger partial charge in [-0.15, -0.1) is 11.8 Å². The molecule has 2 aromatic carbocycles. The van der Waals surface area contributed by atoms with Gasteiger partial charge in [0.2, 0.25) is 0 Å². The highest BCUT2D eigenvalue weighted by atomic mass is 35.5. The maximum absolute atomic E-state index is 13.2. The molecule has 0 amide bonds. The Morgan fingerprint density at radius 1 is 0.889 bits per heavy atom. The van der Waals surface area contributed by atoms with Gasteiger partial charge in [-0.2, -0.15) is 0 Å². The second-order valence-corrected chi connectivity index (χ2v) is 5.07. The van der Waals surface area contributed by atoms with Crippen LogP contribution in [0.4, 0.5) is 13.2 Å². The van der Waals surface area contributed by atoms with Crippen molar-refractivity contribution >= 4 is 23.4 Å². The molecule has 18 heavy (non-hydrogen) atoms. The molecule has 0 aliphatic heterocycles. The Kier molecular flexibility index (Phi) is 4.19. The number of hydrogen-bond acceptors (Lipinski definition) is 1. The van der Waals surface area contributed by atoms with Crippen LogP contribution in [-0.2, 0) is 5.75 Å². The van der Waals surface area contributed by atoms with Crippen LogP contribution in [0.15, 0.2) is 41.3 Å². The summed E-state index contributed by atoms with van der Waals surface area (Å²) in [5, 5.41) is 0.0622. The normalized spacial score (nSPS) is 10.7. The molecule has 0 saturated heterocycles. The molecule has 0 nitrogen and oxygen atoms in total. The summed E-state index contributed by atoms with van der Waals surface area (Å²) < 4.78 is 38.8. The zero-order valence-corrected chi connectivity index (χ0v) is 10.7. The Morgan fingerprint density at radius 3 is 2.33 bits per heavy atom. The predicted molar refractivity (Wildman–Crippen MR) is 67.3 cm³/mol. The van der Waals surface area contributed by atoms with Gasteiger partial charge in [-0.1, -0.05) is 17.7 Å². The molecular weight excluding hydrogens is 281 g/mol. The van der Waals surface area contributed by atoms with Crippen molar-refractivity contribution in [2.75, 3.05) is 0 Å². The number of hydrogen-bond donors (Lipinski definition) is 0. The van der Waals surface area contributed by atoms with Crippen LogP contribution in [0, 0.1) is 17.5 Å². The van der Waals surface area contributed by atoms with Crippen molar-refractivity contribution in [1.82, 2.24) is 0 Å². The van der Waals surface area contributed by atoms with E-state index >= 15 is 0 Å². The molecule has 0 aliphatic carbocycles. The van der Waals surface area contributed by atoms with E-state index < -0.39 is 17.5 Å². The van der Waals surface area contributed by atoms with Crippen LogP contribution in [0.25, 0.3) is 0 Å². The summed E-state index contributed by atoms with van der Waals surface area (Å²) in [6.07, 6.45) is 0. The zero-order chi connectivity index (χ0) is 13.1. The fourth-order valence-electron chi connectivity index (χ4n) is 1.36. The monoisotopic (exact) mass is 288 g/mol. The van der Waals surface area contributed by atoms with Crippen molar-refractivity contribution in [2.45, 2.75) is 10.6 Å². The highest BCUT2D eigenvalue weighted by Gasteiger charge is 2.05. The van der Waals surface area contributed by atoms with E-state index in [1.54, 1.807) is 6.07 Å². The van der Waals surface area contributed by atoms with E-state index in [-0.39, 0.29) is 5.02 Å². The molecule has 0 bridgehead atoms. The molecule has 0 heterocycles. The van der Waals surface area contributed by atoms with E-state index in [1.165, 1.54) is 30.0 Å². The van der Waals surface area contributed by atoms with Crippen LogP contribution in [0.3, 0.4) is 0 Å². The van der Waals surface area contributed by atoms with E-state index in [0.717, 1.165) is 12.1 Å². The van der Waals surface area contributed by atoms with Gasteiger partial charge < -0.3 is 0 Å². The molecule has 0 spiro atoms. The Labute approximate surface area is 112 Å². The largest absolute Gasteiger partial charge is 0.205 e. The van der Waals surface area contributed by atoms with Crippen molar-refractivity contribution < 1.29 is 13.2 Å². The topological polar surface area (TPSA) is 0 Å². The van der Waals surface area contributed by atoms with Gasteiger partial charge in [0.05, 0.1) is 5.02 Å². The zero-order valence-electron chi connectivity index (χ0n) is 9.09. The fraction of sp³-hybridized carbons (Fsp3) is 0.0769. The second-order valence-electron chi connectivity index (χ2n) is 3.61. The van der Waals surface area contributed by atoms with Gasteiger partial charge in [-0.05, 0) is 35.9 Å². The first-order valence-corrected chi connectivity index (χ1v) is 6.44. The van der Waals surface area contributed by atoms with Gasteiger partial charge in [0.15, 0.2) is 11.6 Å². The minimum atomic E-state index is -0.879. The summed E-state index contributed by atoms with van der Waals surface area (Å²) in [5.41, 5.74) is 0.634. The van der Waals surface area contributed by atoms with Crippen LogP contribution in [0.2, 0.25) is 5.02 Å². The lowest BCUT2D eigenvalue weighted by Crippen LogP contribution is -1.87. The number of thioether (sulfide) groups is 1. The third-order valence-corrected chi connectivity index (χ3v) is 3.65. The minimum absolute atomic E-state index is 0.0622. The summed E-state index contributed by atoms with van der Waals surface area (Å²) in [6.45, 7) is 0. The Balaban J connectivity index is 2.06. The van der Waals surface area contributed by atoms with Gasteiger partial charge >= 0.3 is 0 Å². The van der Waals surface area contributed by atoms with E-state index in [2.05, 4.69) is 0 Å². The van der Waals surface area contributed by atoms with Crippen molar-refractivity contribution in [3.63, 3.8) is 0 Å². The standard InChI is InChI=1S/C13H8ClF3S/c14-10-3-2-9(6-12(10)16)18-7-8-1-4-11(15)13(17)5-8/h1-6H,7H2. The molecule has 2 aromatic rings. The first-order chi connectivity index (χ1) is 8.56. The summed E-state index contributed by atoms with van der Waals surface area (Å²) in [5.74, 6) is -1.82. The van der Waals surface area contributed by atoms with Crippen LogP contribution >= 0.6 is 23.4 Å². The molecule has 0 saturated carbocycles. The maximum atomic E-state index is 13.2. The lowest BCUT2D eigenvalue weighted by molar-refractivity contribution is 0.507. The highest BCUT2D eigenvalue weighted by molar-refractivity contribution is 7.98. The van der Waals surface area contributed by atoms with Gasteiger partial charge in [-0.3, -0.25) is 0 Å². The molecule has 0 N–H and O–H groups in total. The Bertz CT molecular complexity index is 521. The van der Waals surface area contributed by atoms with Crippen molar-refractivity contribution in [1.29, 1.82) is 0 Å². The van der Waals surface area contributed by atoms with E-state index in [1.807, 2.05) is 0 Å². The number of halogens is 4. The lowest BCUT2D eigenvalue weighted by Gasteiger charge is -2.03. The average molecular weight is 289 g/mol. The number of benzene rings is 2. The fourth-order valence-corrected chi connectivity index (χ4v) is 2.34. The highest BCUT2D eigenvalue weighted by Crippen LogP contribution is 2.26. The van der Waals surface area contributed by atoms with Crippen molar-refractivity contribution in [3.05, 3.63) is 64.4 Å². The van der Waals surface area contributed by atoms with Crippen LogP contribution in [0.5, 0.6) is 0 Å². The molecule has 0 aliphatic rings. The van der Waals surface area contributed by atoms with E-state index in [4.69, 9.17) is 11.6 Å². The molecule has 2 rings (SSSR count). The molecule has 5 heteroatoms. The van der Waals surface area contributed by atoms with Crippen LogP contribution < -0.4 is 0 Å². The summed E-state index contributed by atoms with van der Waals surface area (Å²) in [4.78, 5) is 0.682. The summed E-state index contributed by atoms with van der Waals surface area (Å²) in [7, 11) is 0. The van der Waals surface area contributed by atoms with Crippen LogP contribution in [0.1, 0.15) is 5.56 Å². The molecule has 0 atom stereocenters. The Hall–Kier alpha value is -1.13. The van der Waals surface area contributed by atoms with Gasteiger partial charge in [-0.25, -0.2) is 13.2 Å². The predicted octanol–water partition coefficient (Wildman–Crippen LogP) is 5.05. The van der Waals surface area contributed by atoms with Gasteiger partial charge in [0.1, 0.15) is 5.82 Å². The maximum Gasteiger partial charge on any atom is 0.159 e. The quantitative estimate of drug-likeness (QED) is 0.712.